The second-order valence-electron chi connectivity index (χ2n) is 3.56. The van der Waals surface area contributed by atoms with Gasteiger partial charge in [0.2, 0.25) is 0 Å². The van der Waals surface area contributed by atoms with Gasteiger partial charge in [0.1, 0.15) is 5.76 Å². The van der Waals surface area contributed by atoms with Gasteiger partial charge >= 0.3 is 0 Å². The topological polar surface area (TPSA) is 38.1 Å². The summed E-state index contributed by atoms with van der Waals surface area (Å²) in [6, 6.07) is 8.16. The van der Waals surface area contributed by atoms with Crippen molar-refractivity contribution in [3.05, 3.63) is 48.7 Å². The molecule has 0 bridgehead atoms. The normalized spacial score (nSPS) is 12.3. The van der Waals surface area contributed by atoms with Crippen LogP contribution in [0.15, 0.2) is 47.3 Å². The zero-order chi connectivity index (χ0) is 10.5. The maximum absolute atomic E-state index is 5.29. The summed E-state index contributed by atoms with van der Waals surface area (Å²) in [6.45, 7) is 2.13. The first-order valence-electron chi connectivity index (χ1n) is 5.03. The van der Waals surface area contributed by atoms with Crippen LogP contribution in [0.4, 0.5) is 5.69 Å². The van der Waals surface area contributed by atoms with Gasteiger partial charge in [0.15, 0.2) is 0 Å². The standard InChI is InChI=1S/C12H14N2O/c1-10(9-12-3-2-8-15-12)14-11-4-6-13-7-5-11/h2-8,10H,9H2,1H3,(H,13,14). The molecule has 0 aliphatic heterocycles. The SMILES string of the molecule is CC(Cc1ccco1)Nc1ccncc1. The summed E-state index contributed by atoms with van der Waals surface area (Å²) in [6.07, 6.45) is 6.15. The molecular formula is C12H14N2O. The molecule has 0 saturated carbocycles. The first kappa shape index (κ1) is 9.77. The van der Waals surface area contributed by atoms with E-state index in [1.54, 1.807) is 18.7 Å². The third-order valence-electron chi connectivity index (χ3n) is 2.18. The minimum Gasteiger partial charge on any atom is -0.469 e. The molecule has 15 heavy (non-hydrogen) atoms. The van der Waals surface area contributed by atoms with Crippen molar-refractivity contribution < 1.29 is 4.42 Å². The minimum atomic E-state index is 0.346. The molecule has 0 amide bonds. The number of hydrogen-bond acceptors (Lipinski definition) is 3. The fourth-order valence-electron chi connectivity index (χ4n) is 1.51. The summed E-state index contributed by atoms with van der Waals surface area (Å²) in [5, 5.41) is 3.38. The highest BCUT2D eigenvalue weighted by molar-refractivity contribution is 5.41. The van der Waals surface area contributed by atoms with Gasteiger partial charge in [-0.1, -0.05) is 0 Å². The van der Waals surface area contributed by atoms with Gasteiger partial charge in [-0.25, -0.2) is 0 Å². The van der Waals surface area contributed by atoms with Crippen LogP contribution < -0.4 is 5.32 Å². The van der Waals surface area contributed by atoms with E-state index in [0.717, 1.165) is 17.9 Å². The molecule has 3 heteroatoms. The van der Waals surface area contributed by atoms with E-state index in [2.05, 4.69) is 17.2 Å². The fraction of sp³-hybridized carbons (Fsp3) is 0.250. The number of rotatable bonds is 4. The van der Waals surface area contributed by atoms with Gasteiger partial charge in [-0.15, -0.1) is 0 Å². The highest BCUT2D eigenvalue weighted by Gasteiger charge is 2.04. The number of nitrogens with zero attached hydrogens (tertiary/aromatic N) is 1. The summed E-state index contributed by atoms with van der Waals surface area (Å²) in [5.41, 5.74) is 1.09. The lowest BCUT2D eigenvalue weighted by Gasteiger charge is -2.13. The first-order valence-corrected chi connectivity index (χ1v) is 5.03. The Morgan fingerprint density at radius 2 is 2.13 bits per heavy atom. The Bertz CT molecular complexity index is 383. The molecule has 78 valence electrons. The van der Waals surface area contributed by atoms with Crippen molar-refractivity contribution in [1.29, 1.82) is 0 Å². The average molecular weight is 202 g/mol. The summed E-state index contributed by atoms with van der Waals surface area (Å²) >= 11 is 0. The zero-order valence-corrected chi connectivity index (χ0v) is 8.68. The van der Waals surface area contributed by atoms with Gasteiger partial charge in [-0.2, -0.15) is 0 Å². The lowest BCUT2D eigenvalue weighted by Crippen LogP contribution is -2.17. The predicted molar refractivity (Wildman–Crippen MR) is 59.7 cm³/mol. The summed E-state index contributed by atoms with van der Waals surface area (Å²) in [4.78, 5) is 3.97. The monoisotopic (exact) mass is 202 g/mol. The van der Waals surface area contributed by atoms with Crippen molar-refractivity contribution in [2.45, 2.75) is 19.4 Å². The molecule has 0 aliphatic carbocycles. The maximum Gasteiger partial charge on any atom is 0.105 e. The van der Waals surface area contributed by atoms with Gasteiger partial charge in [0.25, 0.3) is 0 Å². The van der Waals surface area contributed by atoms with Gasteiger partial charge in [-0.05, 0) is 31.2 Å². The summed E-state index contributed by atoms with van der Waals surface area (Å²) < 4.78 is 5.29. The second-order valence-corrected chi connectivity index (χ2v) is 3.56. The van der Waals surface area contributed by atoms with E-state index in [9.17, 15) is 0 Å². The van der Waals surface area contributed by atoms with Crippen LogP contribution in [0.1, 0.15) is 12.7 Å². The van der Waals surface area contributed by atoms with Crippen LogP contribution in [-0.4, -0.2) is 11.0 Å². The van der Waals surface area contributed by atoms with Gasteiger partial charge < -0.3 is 9.73 Å². The Labute approximate surface area is 89.1 Å². The largest absolute Gasteiger partial charge is 0.469 e. The molecule has 0 fully saturated rings. The molecule has 1 atom stereocenters. The van der Waals surface area contributed by atoms with E-state index >= 15 is 0 Å². The van der Waals surface area contributed by atoms with Crippen molar-refractivity contribution in [2.75, 3.05) is 5.32 Å². The van der Waals surface area contributed by atoms with Crippen LogP contribution in [0.3, 0.4) is 0 Å². The minimum absolute atomic E-state index is 0.346. The molecule has 0 spiro atoms. The third-order valence-corrected chi connectivity index (χ3v) is 2.18. The van der Waals surface area contributed by atoms with Gasteiger partial charge in [0.05, 0.1) is 6.26 Å². The molecule has 2 heterocycles. The van der Waals surface area contributed by atoms with Crippen LogP contribution in [0.2, 0.25) is 0 Å². The van der Waals surface area contributed by atoms with Crippen LogP contribution in [-0.2, 0) is 6.42 Å². The second kappa shape index (κ2) is 4.64. The quantitative estimate of drug-likeness (QED) is 0.828. The molecule has 0 radical (unpaired) electrons. The number of aromatic nitrogens is 1. The zero-order valence-electron chi connectivity index (χ0n) is 8.68. The first-order chi connectivity index (χ1) is 7.34. The Balaban J connectivity index is 1.90. The van der Waals surface area contributed by atoms with Gasteiger partial charge in [0, 0.05) is 30.5 Å². The van der Waals surface area contributed by atoms with E-state index < -0.39 is 0 Å². The highest BCUT2D eigenvalue weighted by atomic mass is 16.3. The Kier molecular flexibility index (Phi) is 3.02. The van der Waals surface area contributed by atoms with E-state index in [1.165, 1.54) is 0 Å². The predicted octanol–water partition coefficient (Wildman–Crippen LogP) is 2.72. The number of anilines is 1. The van der Waals surface area contributed by atoms with Crippen LogP contribution in [0.25, 0.3) is 0 Å². The fourth-order valence-corrected chi connectivity index (χ4v) is 1.51. The summed E-state index contributed by atoms with van der Waals surface area (Å²) in [7, 11) is 0. The third kappa shape index (κ3) is 2.84. The molecule has 1 unspecified atom stereocenters. The van der Waals surface area contributed by atoms with Crippen molar-refractivity contribution in [3.63, 3.8) is 0 Å². The smallest absolute Gasteiger partial charge is 0.105 e. The Hall–Kier alpha value is -1.77. The van der Waals surface area contributed by atoms with Crippen LogP contribution in [0.5, 0.6) is 0 Å². The molecule has 3 nitrogen and oxygen atoms in total. The molecule has 0 aliphatic rings. The lowest BCUT2D eigenvalue weighted by atomic mass is 10.2. The van der Waals surface area contributed by atoms with E-state index in [4.69, 9.17) is 4.42 Å². The van der Waals surface area contributed by atoms with Crippen molar-refractivity contribution >= 4 is 5.69 Å². The van der Waals surface area contributed by atoms with Crippen LogP contribution in [0, 0.1) is 0 Å². The number of nitrogens with one attached hydrogen (secondary N) is 1. The Morgan fingerprint density at radius 1 is 1.33 bits per heavy atom. The van der Waals surface area contributed by atoms with Crippen molar-refractivity contribution in [3.8, 4) is 0 Å². The molecule has 1 N–H and O–H groups in total. The highest BCUT2D eigenvalue weighted by Crippen LogP contribution is 2.10. The average Bonchev–Trinajstić information content (AvgIpc) is 2.71. The number of hydrogen-bond donors (Lipinski definition) is 1. The van der Waals surface area contributed by atoms with Gasteiger partial charge in [-0.3, -0.25) is 4.98 Å². The number of furan rings is 1. The molecule has 0 aromatic carbocycles. The lowest BCUT2D eigenvalue weighted by molar-refractivity contribution is 0.498. The molecule has 0 saturated heterocycles. The van der Waals surface area contributed by atoms with Crippen LogP contribution >= 0.6 is 0 Å². The molecule has 2 rings (SSSR count). The molecule has 2 aromatic heterocycles. The van der Waals surface area contributed by atoms with Crippen molar-refractivity contribution in [2.24, 2.45) is 0 Å². The maximum atomic E-state index is 5.29. The number of pyridine rings is 1. The van der Waals surface area contributed by atoms with E-state index in [0.29, 0.717) is 6.04 Å². The van der Waals surface area contributed by atoms with E-state index in [-0.39, 0.29) is 0 Å². The Morgan fingerprint density at radius 3 is 2.80 bits per heavy atom. The molecular weight excluding hydrogens is 188 g/mol. The molecule has 2 aromatic rings. The van der Waals surface area contributed by atoms with Crippen molar-refractivity contribution in [1.82, 2.24) is 4.98 Å². The summed E-state index contributed by atoms with van der Waals surface area (Å²) in [5.74, 6) is 1.00. The van der Waals surface area contributed by atoms with E-state index in [1.807, 2.05) is 24.3 Å².